The van der Waals surface area contributed by atoms with Crippen molar-refractivity contribution in [2.75, 3.05) is 24.3 Å². The molecule has 3 aromatic rings. The fourth-order valence-corrected chi connectivity index (χ4v) is 2.30. The highest BCUT2D eigenvalue weighted by molar-refractivity contribution is 5.90. The van der Waals surface area contributed by atoms with Crippen LogP contribution in [-0.4, -0.2) is 29.0 Å². The van der Waals surface area contributed by atoms with E-state index in [-0.39, 0.29) is 0 Å². The third-order valence-corrected chi connectivity index (χ3v) is 3.34. The van der Waals surface area contributed by atoms with Gasteiger partial charge in [-0.3, -0.25) is 4.98 Å². The zero-order valence-electron chi connectivity index (χ0n) is 12.1. The number of anilines is 2. The van der Waals surface area contributed by atoms with E-state index in [1.807, 2.05) is 50.5 Å². The summed E-state index contributed by atoms with van der Waals surface area (Å²) in [6.45, 7) is 0.771. The third-order valence-electron chi connectivity index (χ3n) is 3.34. The van der Waals surface area contributed by atoms with E-state index in [0.717, 1.165) is 23.3 Å². The van der Waals surface area contributed by atoms with Gasteiger partial charge in [0, 0.05) is 38.4 Å². The first kappa shape index (κ1) is 13.3. The molecule has 106 valence electrons. The molecule has 0 amide bonds. The maximum absolute atomic E-state index is 4.60. The van der Waals surface area contributed by atoms with Crippen LogP contribution in [0.3, 0.4) is 0 Å². The molecule has 21 heavy (non-hydrogen) atoms. The Kier molecular flexibility index (Phi) is 3.64. The molecular weight excluding hydrogens is 262 g/mol. The van der Waals surface area contributed by atoms with Gasteiger partial charge >= 0.3 is 0 Å². The second-order valence-electron chi connectivity index (χ2n) is 4.85. The lowest BCUT2D eigenvalue weighted by molar-refractivity contribution is 0.898. The summed E-state index contributed by atoms with van der Waals surface area (Å²) in [6, 6.07) is 12.1. The molecule has 5 nitrogen and oxygen atoms in total. The minimum Gasteiger partial charge on any atom is -0.357 e. The largest absolute Gasteiger partial charge is 0.357 e. The molecule has 2 heterocycles. The van der Waals surface area contributed by atoms with E-state index in [1.54, 1.807) is 12.4 Å². The van der Waals surface area contributed by atoms with Crippen LogP contribution in [0.1, 0.15) is 5.56 Å². The van der Waals surface area contributed by atoms with Gasteiger partial charge in [0.15, 0.2) is 0 Å². The van der Waals surface area contributed by atoms with Crippen molar-refractivity contribution in [2.45, 2.75) is 6.54 Å². The van der Waals surface area contributed by atoms with E-state index >= 15 is 0 Å². The number of fused-ring (bicyclic) bond motifs is 1. The van der Waals surface area contributed by atoms with E-state index in [0.29, 0.717) is 5.95 Å². The molecule has 2 aromatic heterocycles. The molecule has 3 rings (SSSR count). The zero-order valence-corrected chi connectivity index (χ0v) is 12.1. The minimum atomic E-state index is 0.630. The Morgan fingerprint density at radius 1 is 1.05 bits per heavy atom. The quantitative estimate of drug-likeness (QED) is 0.795. The topological polar surface area (TPSA) is 53.9 Å². The van der Waals surface area contributed by atoms with Crippen molar-refractivity contribution >= 4 is 22.7 Å². The first-order chi connectivity index (χ1) is 10.3. The van der Waals surface area contributed by atoms with Crippen LogP contribution >= 0.6 is 0 Å². The number of pyridine rings is 1. The van der Waals surface area contributed by atoms with Gasteiger partial charge in [-0.1, -0.05) is 12.1 Å². The average Bonchev–Trinajstić information content (AvgIpc) is 2.54. The van der Waals surface area contributed by atoms with Crippen LogP contribution in [0.15, 0.2) is 48.8 Å². The number of benzene rings is 1. The third kappa shape index (κ3) is 2.76. The van der Waals surface area contributed by atoms with E-state index in [4.69, 9.17) is 0 Å². The van der Waals surface area contributed by atoms with Gasteiger partial charge in [0.2, 0.25) is 5.95 Å². The monoisotopic (exact) mass is 279 g/mol. The first-order valence-corrected chi connectivity index (χ1v) is 6.82. The maximum atomic E-state index is 4.60. The Bertz CT molecular complexity index is 742. The highest BCUT2D eigenvalue weighted by Gasteiger charge is 2.11. The standard InChI is InChI=1S/C16H17N5/c1-17-16-19-14-6-4-3-5-13(14)15(20-16)21(2)11-12-7-9-18-10-8-12/h3-10H,11H2,1-2H3,(H,17,19,20). The van der Waals surface area contributed by atoms with Gasteiger partial charge in [0.25, 0.3) is 0 Å². The summed E-state index contributed by atoms with van der Waals surface area (Å²) in [6.07, 6.45) is 3.61. The van der Waals surface area contributed by atoms with Crippen LogP contribution in [0.4, 0.5) is 11.8 Å². The molecule has 0 radical (unpaired) electrons. The summed E-state index contributed by atoms with van der Waals surface area (Å²) in [4.78, 5) is 15.3. The van der Waals surface area contributed by atoms with E-state index in [2.05, 4.69) is 25.2 Å². The van der Waals surface area contributed by atoms with Gasteiger partial charge in [-0.2, -0.15) is 4.98 Å². The van der Waals surface area contributed by atoms with Gasteiger partial charge in [0.05, 0.1) is 5.52 Å². The predicted molar refractivity (Wildman–Crippen MR) is 85.4 cm³/mol. The summed E-state index contributed by atoms with van der Waals surface area (Å²) < 4.78 is 0. The summed E-state index contributed by atoms with van der Waals surface area (Å²) in [5.74, 6) is 1.55. The SMILES string of the molecule is CNc1nc(N(C)Cc2ccncc2)c2ccccc2n1. The number of nitrogens with one attached hydrogen (secondary N) is 1. The predicted octanol–water partition coefficient (Wildman–Crippen LogP) is 2.70. The average molecular weight is 279 g/mol. The second kappa shape index (κ2) is 5.75. The Labute approximate surface area is 123 Å². The van der Waals surface area contributed by atoms with Gasteiger partial charge in [-0.25, -0.2) is 4.98 Å². The molecule has 0 fully saturated rings. The number of hydrogen-bond donors (Lipinski definition) is 1. The maximum Gasteiger partial charge on any atom is 0.224 e. The van der Waals surface area contributed by atoms with Gasteiger partial charge in [0.1, 0.15) is 5.82 Å². The van der Waals surface area contributed by atoms with Crippen LogP contribution in [0.5, 0.6) is 0 Å². The molecule has 0 saturated carbocycles. The second-order valence-corrected chi connectivity index (χ2v) is 4.85. The zero-order chi connectivity index (χ0) is 14.7. The van der Waals surface area contributed by atoms with Crippen molar-refractivity contribution in [2.24, 2.45) is 0 Å². The molecule has 0 bridgehead atoms. The van der Waals surface area contributed by atoms with Crippen LogP contribution in [0, 0.1) is 0 Å². The van der Waals surface area contributed by atoms with Crippen LogP contribution in [-0.2, 0) is 6.54 Å². The molecule has 0 aliphatic rings. The van der Waals surface area contributed by atoms with E-state index < -0.39 is 0 Å². The van der Waals surface area contributed by atoms with Gasteiger partial charge in [-0.15, -0.1) is 0 Å². The molecule has 1 N–H and O–H groups in total. The Hall–Kier alpha value is -2.69. The lowest BCUT2D eigenvalue weighted by Crippen LogP contribution is -2.19. The summed E-state index contributed by atoms with van der Waals surface area (Å²) in [7, 11) is 3.87. The molecule has 0 aliphatic carbocycles. The Balaban J connectivity index is 2.02. The van der Waals surface area contributed by atoms with Crippen molar-refractivity contribution in [1.82, 2.24) is 15.0 Å². The molecule has 5 heteroatoms. The lowest BCUT2D eigenvalue weighted by Gasteiger charge is -2.20. The number of nitrogens with zero attached hydrogens (tertiary/aromatic N) is 4. The normalized spacial score (nSPS) is 10.6. The van der Waals surface area contributed by atoms with Crippen LogP contribution < -0.4 is 10.2 Å². The van der Waals surface area contributed by atoms with Crippen molar-refractivity contribution in [1.29, 1.82) is 0 Å². The van der Waals surface area contributed by atoms with E-state index in [1.165, 1.54) is 5.56 Å². The lowest BCUT2D eigenvalue weighted by atomic mass is 10.2. The molecule has 0 unspecified atom stereocenters. The number of aromatic nitrogens is 3. The van der Waals surface area contributed by atoms with Gasteiger partial charge in [-0.05, 0) is 29.8 Å². The first-order valence-electron chi connectivity index (χ1n) is 6.82. The molecule has 1 aromatic carbocycles. The summed E-state index contributed by atoms with van der Waals surface area (Å²) in [5.41, 5.74) is 2.13. The molecule has 0 aliphatic heterocycles. The Morgan fingerprint density at radius 2 is 1.81 bits per heavy atom. The van der Waals surface area contributed by atoms with Crippen molar-refractivity contribution in [3.8, 4) is 0 Å². The van der Waals surface area contributed by atoms with Crippen molar-refractivity contribution < 1.29 is 0 Å². The smallest absolute Gasteiger partial charge is 0.224 e. The summed E-state index contributed by atoms with van der Waals surface area (Å²) >= 11 is 0. The van der Waals surface area contributed by atoms with Crippen molar-refractivity contribution in [3.05, 3.63) is 54.4 Å². The molecule has 0 atom stereocenters. The van der Waals surface area contributed by atoms with E-state index in [9.17, 15) is 0 Å². The number of rotatable bonds is 4. The molecule has 0 saturated heterocycles. The number of hydrogen-bond acceptors (Lipinski definition) is 5. The highest BCUT2D eigenvalue weighted by atomic mass is 15.2. The minimum absolute atomic E-state index is 0.630. The van der Waals surface area contributed by atoms with Crippen LogP contribution in [0.25, 0.3) is 10.9 Å². The highest BCUT2D eigenvalue weighted by Crippen LogP contribution is 2.25. The van der Waals surface area contributed by atoms with Gasteiger partial charge < -0.3 is 10.2 Å². The fraction of sp³-hybridized carbons (Fsp3) is 0.188. The summed E-state index contributed by atoms with van der Waals surface area (Å²) in [5, 5.41) is 4.07. The molecule has 0 spiro atoms. The molecular formula is C16H17N5. The number of para-hydroxylation sites is 1. The van der Waals surface area contributed by atoms with Crippen LogP contribution in [0.2, 0.25) is 0 Å². The Morgan fingerprint density at radius 3 is 2.57 bits per heavy atom. The fourth-order valence-electron chi connectivity index (χ4n) is 2.30. The van der Waals surface area contributed by atoms with Crippen molar-refractivity contribution in [3.63, 3.8) is 0 Å².